The van der Waals surface area contributed by atoms with Gasteiger partial charge in [0.15, 0.2) is 0 Å². The number of carboxylic acids is 1. The van der Waals surface area contributed by atoms with Crippen LogP contribution in [0.5, 0.6) is 0 Å². The first-order valence-corrected chi connectivity index (χ1v) is 9.46. The topological polar surface area (TPSA) is 66.8 Å². The number of alkyl halides is 6. The number of carbonyl (C=O) groups is 2. The van der Waals surface area contributed by atoms with Gasteiger partial charge in [0.1, 0.15) is 5.60 Å². The molecule has 1 N–H and O–H groups in total. The molecular weight excluding hydrogens is 432 g/mol. The second-order valence-electron chi connectivity index (χ2n) is 8.52. The molecule has 1 aromatic rings. The minimum atomic E-state index is -5.00. The highest BCUT2D eigenvalue weighted by molar-refractivity contribution is 5.69. The predicted molar refractivity (Wildman–Crippen MR) is 97.4 cm³/mol. The number of nitrogens with zero attached hydrogens (tertiary/aromatic N) is 1. The molecule has 1 aliphatic heterocycles. The third-order valence-corrected chi connectivity index (χ3v) is 4.86. The van der Waals surface area contributed by atoms with Crippen LogP contribution in [0.25, 0.3) is 0 Å². The van der Waals surface area contributed by atoms with Crippen LogP contribution in [0.3, 0.4) is 0 Å². The number of aliphatic carboxylic acids is 1. The SMILES string of the molecule is CC(C)(C)OC(=O)N1CCC(c2cc(C(F)(F)F)cc(C(F)(F)F)c2)C(CC(=O)O)C1. The minimum absolute atomic E-state index is 0.00417. The summed E-state index contributed by atoms with van der Waals surface area (Å²) in [5.41, 5.74) is -3.99. The number of carbonyl (C=O) groups excluding carboxylic acids is 1. The van der Waals surface area contributed by atoms with Crippen LogP contribution in [-0.4, -0.2) is 40.8 Å². The van der Waals surface area contributed by atoms with Crippen molar-refractivity contribution in [3.63, 3.8) is 0 Å². The molecule has 1 aliphatic rings. The van der Waals surface area contributed by atoms with Crippen molar-refractivity contribution < 1.29 is 45.8 Å². The molecule has 2 rings (SSSR count). The Balaban J connectivity index is 2.42. The molecule has 0 spiro atoms. The number of rotatable bonds is 3. The van der Waals surface area contributed by atoms with Gasteiger partial charge >= 0.3 is 24.4 Å². The largest absolute Gasteiger partial charge is 0.481 e. The first kappa shape index (κ1) is 24.8. The molecule has 31 heavy (non-hydrogen) atoms. The van der Waals surface area contributed by atoms with Crippen LogP contribution in [0.2, 0.25) is 0 Å². The Morgan fingerprint density at radius 1 is 1.03 bits per heavy atom. The summed E-state index contributed by atoms with van der Waals surface area (Å²) in [7, 11) is 0. The lowest BCUT2D eigenvalue weighted by molar-refractivity contribution is -0.143. The third kappa shape index (κ3) is 6.76. The van der Waals surface area contributed by atoms with Crippen molar-refractivity contribution in [2.75, 3.05) is 13.1 Å². The van der Waals surface area contributed by atoms with Gasteiger partial charge in [0.2, 0.25) is 0 Å². The van der Waals surface area contributed by atoms with Crippen molar-refractivity contribution in [3.05, 3.63) is 34.9 Å². The van der Waals surface area contributed by atoms with Crippen molar-refractivity contribution in [2.45, 2.75) is 57.5 Å². The Kier molecular flexibility index (Phi) is 6.87. The second-order valence-corrected chi connectivity index (χ2v) is 8.52. The normalized spacial score (nSPS) is 20.5. The van der Waals surface area contributed by atoms with Gasteiger partial charge in [-0.2, -0.15) is 26.3 Å². The van der Waals surface area contributed by atoms with E-state index in [-0.39, 0.29) is 31.1 Å². The molecule has 0 bridgehead atoms. The van der Waals surface area contributed by atoms with Crippen LogP contribution < -0.4 is 0 Å². The number of benzene rings is 1. The summed E-state index contributed by atoms with van der Waals surface area (Å²) in [6.07, 6.45) is -11.3. The molecule has 5 nitrogen and oxygen atoms in total. The molecule has 2 unspecified atom stereocenters. The zero-order valence-corrected chi connectivity index (χ0v) is 17.1. The van der Waals surface area contributed by atoms with Gasteiger partial charge in [-0.1, -0.05) is 0 Å². The monoisotopic (exact) mass is 455 g/mol. The molecule has 1 amide bonds. The predicted octanol–water partition coefficient (Wildman–Crippen LogP) is 5.54. The third-order valence-electron chi connectivity index (χ3n) is 4.86. The Morgan fingerprint density at radius 2 is 1.55 bits per heavy atom. The van der Waals surface area contributed by atoms with Gasteiger partial charge < -0.3 is 14.7 Å². The molecule has 11 heteroatoms. The Bertz CT molecular complexity index is 796. The highest BCUT2D eigenvalue weighted by Crippen LogP contribution is 2.42. The number of hydrogen-bond donors (Lipinski definition) is 1. The summed E-state index contributed by atoms with van der Waals surface area (Å²) in [6.45, 7) is 4.74. The maximum Gasteiger partial charge on any atom is 0.416 e. The molecular formula is C20H23F6NO4. The molecule has 174 valence electrons. The highest BCUT2D eigenvalue weighted by atomic mass is 19.4. The van der Waals surface area contributed by atoms with Crippen LogP contribution in [0, 0.1) is 5.92 Å². The van der Waals surface area contributed by atoms with Crippen LogP contribution in [0.4, 0.5) is 31.1 Å². The van der Waals surface area contributed by atoms with Crippen molar-refractivity contribution in [3.8, 4) is 0 Å². The minimum Gasteiger partial charge on any atom is -0.481 e. The fraction of sp³-hybridized carbons (Fsp3) is 0.600. The number of amides is 1. The van der Waals surface area contributed by atoms with Crippen molar-refractivity contribution >= 4 is 12.1 Å². The lowest BCUT2D eigenvalue weighted by Crippen LogP contribution is -2.45. The summed E-state index contributed by atoms with van der Waals surface area (Å²) in [5, 5.41) is 9.21. The molecule has 0 aromatic heterocycles. The fourth-order valence-electron chi connectivity index (χ4n) is 3.59. The molecule has 0 saturated carbocycles. The van der Waals surface area contributed by atoms with E-state index in [9.17, 15) is 41.0 Å². The van der Waals surface area contributed by atoms with Gasteiger partial charge in [-0.05, 0) is 62.8 Å². The quantitative estimate of drug-likeness (QED) is 0.608. The zero-order valence-electron chi connectivity index (χ0n) is 17.1. The van der Waals surface area contributed by atoms with E-state index >= 15 is 0 Å². The van der Waals surface area contributed by atoms with Crippen LogP contribution in [0.15, 0.2) is 18.2 Å². The lowest BCUT2D eigenvalue weighted by atomic mass is 9.78. The van der Waals surface area contributed by atoms with Gasteiger partial charge in [-0.3, -0.25) is 4.79 Å². The van der Waals surface area contributed by atoms with Crippen molar-refractivity contribution in [1.82, 2.24) is 4.90 Å². The number of halogens is 6. The lowest BCUT2D eigenvalue weighted by Gasteiger charge is -2.39. The summed E-state index contributed by atoms with van der Waals surface area (Å²) < 4.78 is 84.5. The van der Waals surface area contributed by atoms with Crippen LogP contribution in [0.1, 0.15) is 56.2 Å². The summed E-state index contributed by atoms with van der Waals surface area (Å²) in [4.78, 5) is 24.9. The zero-order chi connectivity index (χ0) is 23.8. The van der Waals surface area contributed by atoms with Gasteiger partial charge in [0.05, 0.1) is 17.5 Å². The van der Waals surface area contributed by atoms with E-state index in [1.807, 2.05) is 0 Å². The maximum atomic E-state index is 13.2. The molecule has 0 radical (unpaired) electrons. The molecule has 1 aromatic carbocycles. The standard InChI is InChI=1S/C20H23F6NO4/c1-18(2,3)31-17(30)27-5-4-15(12(10-27)8-16(28)29)11-6-13(19(21,22)23)9-14(7-11)20(24,25)26/h6-7,9,12,15H,4-5,8,10H2,1-3H3,(H,28,29). The Morgan fingerprint density at radius 3 is 1.97 bits per heavy atom. The summed E-state index contributed by atoms with van der Waals surface area (Å²) >= 11 is 0. The number of ether oxygens (including phenoxy) is 1. The maximum absolute atomic E-state index is 13.2. The first-order chi connectivity index (χ1) is 14.0. The average molecular weight is 455 g/mol. The second kappa shape index (κ2) is 8.58. The highest BCUT2D eigenvalue weighted by Gasteiger charge is 2.40. The number of likely N-dealkylation sites (tertiary alicyclic amines) is 1. The summed E-state index contributed by atoms with van der Waals surface area (Å²) in [5.74, 6) is -3.06. The summed E-state index contributed by atoms with van der Waals surface area (Å²) in [6, 6.07) is 1.28. The van der Waals surface area contributed by atoms with E-state index in [0.717, 1.165) is 0 Å². The fourth-order valence-corrected chi connectivity index (χ4v) is 3.59. The van der Waals surface area contributed by atoms with E-state index in [4.69, 9.17) is 4.74 Å². The van der Waals surface area contributed by atoms with E-state index in [2.05, 4.69) is 0 Å². The molecule has 1 saturated heterocycles. The van der Waals surface area contributed by atoms with E-state index < -0.39 is 59.4 Å². The van der Waals surface area contributed by atoms with Gasteiger partial charge in [0.25, 0.3) is 0 Å². The van der Waals surface area contributed by atoms with Crippen molar-refractivity contribution in [1.29, 1.82) is 0 Å². The van der Waals surface area contributed by atoms with E-state index in [1.54, 1.807) is 20.8 Å². The smallest absolute Gasteiger partial charge is 0.416 e. The van der Waals surface area contributed by atoms with E-state index in [0.29, 0.717) is 12.1 Å². The molecule has 1 heterocycles. The Labute approximate surface area is 175 Å². The van der Waals surface area contributed by atoms with E-state index in [1.165, 1.54) is 4.90 Å². The van der Waals surface area contributed by atoms with Crippen LogP contribution >= 0.6 is 0 Å². The van der Waals surface area contributed by atoms with Gasteiger partial charge in [0, 0.05) is 13.1 Å². The van der Waals surface area contributed by atoms with Crippen molar-refractivity contribution in [2.24, 2.45) is 5.92 Å². The first-order valence-electron chi connectivity index (χ1n) is 9.46. The Hall–Kier alpha value is -2.46. The number of carboxylic acid groups (broad SMARTS) is 1. The van der Waals surface area contributed by atoms with Gasteiger partial charge in [-0.15, -0.1) is 0 Å². The van der Waals surface area contributed by atoms with Gasteiger partial charge in [-0.25, -0.2) is 4.79 Å². The number of hydrogen-bond acceptors (Lipinski definition) is 3. The molecule has 0 aliphatic carbocycles. The molecule has 1 fully saturated rings. The van der Waals surface area contributed by atoms with Crippen LogP contribution in [-0.2, 0) is 21.9 Å². The average Bonchev–Trinajstić information content (AvgIpc) is 2.57. The number of piperidine rings is 1. The molecule has 2 atom stereocenters.